The summed E-state index contributed by atoms with van der Waals surface area (Å²) in [5.41, 5.74) is 0. The summed E-state index contributed by atoms with van der Waals surface area (Å²) >= 11 is 0. The molecule has 6 nitrogen and oxygen atoms in total. The van der Waals surface area contributed by atoms with Gasteiger partial charge in [-0.3, -0.25) is 9.69 Å². The largest absolute Gasteiger partial charge is 0.396 e. The Balaban J connectivity index is 2.30. The van der Waals surface area contributed by atoms with Crippen molar-refractivity contribution in [3.05, 3.63) is 0 Å². The van der Waals surface area contributed by atoms with Gasteiger partial charge in [0.2, 0.25) is 5.91 Å². The van der Waals surface area contributed by atoms with E-state index in [1.54, 1.807) is 7.11 Å². The molecule has 0 bridgehead atoms. The second kappa shape index (κ2) is 8.42. The molecule has 1 N–H and O–H groups in total. The molecular formula is C12H24N2O4. The van der Waals surface area contributed by atoms with Crippen molar-refractivity contribution in [2.75, 3.05) is 60.2 Å². The van der Waals surface area contributed by atoms with Crippen LogP contribution < -0.4 is 0 Å². The number of aliphatic hydroxyl groups excluding tert-OH is 1. The molecule has 1 heterocycles. The maximum absolute atomic E-state index is 11.9. The number of methoxy groups -OCH3 is 1. The third kappa shape index (κ3) is 4.89. The molecule has 0 aromatic rings. The van der Waals surface area contributed by atoms with Crippen molar-refractivity contribution in [2.45, 2.75) is 12.5 Å². The Bertz CT molecular complexity index is 250. The molecule has 1 fully saturated rings. The minimum absolute atomic E-state index is 0.0159. The predicted octanol–water partition coefficient (Wildman–Crippen LogP) is -0.826. The van der Waals surface area contributed by atoms with Gasteiger partial charge in [-0.05, 0) is 13.5 Å². The van der Waals surface area contributed by atoms with Crippen LogP contribution in [0.2, 0.25) is 0 Å². The average molecular weight is 260 g/mol. The average Bonchev–Trinajstić information content (AvgIpc) is 2.37. The first-order valence-electron chi connectivity index (χ1n) is 6.34. The smallest absolute Gasteiger partial charge is 0.248 e. The highest BCUT2D eigenvalue weighted by atomic mass is 16.5. The van der Waals surface area contributed by atoms with Crippen molar-refractivity contribution in [3.63, 3.8) is 0 Å². The van der Waals surface area contributed by atoms with Crippen LogP contribution in [-0.4, -0.2) is 87.1 Å². The number of aliphatic hydroxyl groups is 1. The number of carbonyl (C=O) groups excluding carboxylic acids is 1. The van der Waals surface area contributed by atoms with E-state index < -0.39 is 0 Å². The Kier molecular flexibility index (Phi) is 7.19. The Labute approximate surface area is 108 Å². The highest BCUT2D eigenvalue weighted by Crippen LogP contribution is 2.10. The number of amides is 1. The highest BCUT2D eigenvalue weighted by Gasteiger charge is 2.26. The van der Waals surface area contributed by atoms with Crippen LogP contribution in [0.1, 0.15) is 6.42 Å². The number of rotatable bonds is 7. The maximum Gasteiger partial charge on any atom is 0.248 e. The zero-order valence-corrected chi connectivity index (χ0v) is 11.3. The Morgan fingerprint density at radius 3 is 2.83 bits per heavy atom. The standard InChI is InChI=1S/C12H24N2O4/c1-13-4-5-14(9-11(13)3-6-15)12(16)10-18-8-7-17-2/h11,15H,3-10H2,1-2H3/t11-/m0/s1. The molecule has 0 aromatic carbocycles. The van der Waals surface area contributed by atoms with Gasteiger partial charge in [0, 0.05) is 39.4 Å². The number of hydrogen-bond acceptors (Lipinski definition) is 5. The molecule has 6 heteroatoms. The van der Waals surface area contributed by atoms with Gasteiger partial charge in [0.15, 0.2) is 0 Å². The maximum atomic E-state index is 11.9. The summed E-state index contributed by atoms with van der Waals surface area (Å²) in [6, 6.07) is 0.242. The van der Waals surface area contributed by atoms with E-state index in [-0.39, 0.29) is 25.2 Å². The van der Waals surface area contributed by atoms with Crippen molar-refractivity contribution < 1.29 is 19.4 Å². The fourth-order valence-corrected chi connectivity index (χ4v) is 2.03. The molecule has 1 amide bonds. The van der Waals surface area contributed by atoms with Gasteiger partial charge >= 0.3 is 0 Å². The summed E-state index contributed by atoms with van der Waals surface area (Å²) in [4.78, 5) is 15.9. The van der Waals surface area contributed by atoms with Gasteiger partial charge in [-0.1, -0.05) is 0 Å². The fourth-order valence-electron chi connectivity index (χ4n) is 2.03. The molecular weight excluding hydrogens is 236 g/mol. The lowest BCUT2D eigenvalue weighted by atomic mass is 10.1. The molecule has 1 aliphatic heterocycles. The van der Waals surface area contributed by atoms with E-state index in [9.17, 15) is 4.79 Å². The number of ether oxygens (including phenoxy) is 2. The predicted molar refractivity (Wildman–Crippen MR) is 67.4 cm³/mol. The van der Waals surface area contributed by atoms with E-state index in [1.165, 1.54) is 0 Å². The summed E-state index contributed by atoms with van der Waals surface area (Å²) in [5, 5.41) is 8.99. The van der Waals surface area contributed by atoms with Crippen molar-refractivity contribution in [2.24, 2.45) is 0 Å². The van der Waals surface area contributed by atoms with Crippen molar-refractivity contribution >= 4 is 5.91 Å². The van der Waals surface area contributed by atoms with E-state index in [4.69, 9.17) is 14.6 Å². The topological polar surface area (TPSA) is 62.2 Å². The third-order valence-electron chi connectivity index (χ3n) is 3.25. The van der Waals surface area contributed by atoms with Gasteiger partial charge < -0.3 is 19.5 Å². The number of likely N-dealkylation sites (N-methyl/N-ethyl adjacent to an activating group) is 1. The van der Waals surface area contributed by atoms with E-state index >= 15 is 0 Å². The first kappa shape index (κ1) is 15.4. The minimum atomic E-state index is 0.0159. The molecule has 1 atom stereocenters. The van der Waals surface area contributed by atoms with Crippen LogP contribution in [0, 0.1) is 0 Å². The lowest BCUT2D eigenvalue weighted by molar-refractivity contribution is -0.139. The van der Waals surface area contributed by atoms with Crippen LogP contribution >= 0.6 is 0 Å². The molecule has 0 aromatic heterocycles. The molecule has 18 heavy (non-hydrogen) atoms. The number of nitrogens with zero attached hydrogens (tertiary/aromatic N) is 2. The van der Waals surface area contributed by atoms with Gasteiger partial charge in [0.05, 0.1) is 13.2 Å². The van der Waals surface area contributed by atoms with Gasteiger partial charge in [0.25, 0.3) is 0 Å². The van der Waals surface area contributed by atoms with Crippen molar-refractivity contribution in [1.82, 2.24) is 9.80 Å². The van der Waals surface area contributed by atoms with Crippen LogP contribution in [-0.2, 0) is 14.3 Å². The zero-order chi connectivity index (χ0) is 13.4. The zero-order valence-electron chi connectivity index (χ0n) is 11.3. The lowest BCUT2D eigenvalue weighted by Gasteiger charge is -2.39. The van der Waals surface area contributed by atoms with E-state index in [0.717, 1.165) is 13.1 Å². The molecule has 0 saturated carbocycles. The molecule has 106 valence electrons. The van der Waals surface area contributed by atoms with E-state index in [2.05, 4.69) is 4.90 Å². The summed E-state index contributed by atoms with van der Waals surface area (Å²) in [5.74, 6) is 0.0159. The summed E-state index contributed by atoms with van der Waals surface area (Å²) in [6.45, 7) is 3.45. The molecule has 1 aliphatic rings. The Hall–Kier alpha value is -0.690. The molecule has 0 unspecified atom stereocenters. The Morgan fingerprint density at radius 2 is 2.17 bits per heavy atom. The summed E-state index contributed by atoms with van der Waals surface area (Å²) in [6.07, 6.45) is 0.699. The van der Waals surface area contributed by atoms with Crippen LogP contribution in [0.15, 0.2) is 0 Å². The SMILES string of the molecule is COCCOCC(=O)N1CCN(C)[C@@H](CCO)C1. The Morgan fingerprint density at radius 1 is 1.39 bits per heavy atom. The molecule has 0 radical (unpaired) electrons. The second-order valence-corrected chi connectivity index (χ2v) is 4.53. The van der Waals surface area contributed by atoms with Crippen molar-refractivity contribution in [1.29, 1.82) is 0 Å². The van der Waals surface area contributed by atoms with Crippen LogP contribution in [0.5, 0.6) is 0 Å². The normalized spacial score (nSPS) is 21.3. The van der Waals surface area contributed by atoms with Crippen molar-refractivity contribution in [3.8, 4) is 0 Å². The quantitative estimate of drug-likeness (QED) is 0.606. The first-order valence-corrected chi connectivity index (χ1v) is 6.34. The number of hydrogen-bond donors (Lipinski definition) is 1. The third-order valence-corrected chi connectivity index (χ3v) is 3.25. The minimum Gasteiger partial charge on any atom is -0.396 e. The number of carbonyl (C=O) groups is 1. The fraction of sp³-hybridized carbons (Fsp3) is 0.917. The van der Waals surface area contributed by atoms with Gasteiger partial charge in [0.1, 0.15) is 6.61 Å². The van der Waals surface area contributed by atoms with Gasteiger partial charge in [-0.25, -0.2) is 0 Å². The van der Waals surface area contributed by atoms with Crippen LogP contribution in [0.25, 0.3) is 0 Å². The van der Waals surface area contributed by atoms with Crippen LogP contribution in [0.3, 0.4) is 0 Å². The first-order chi connectivity index (χ1) is 8.69. The molecule has 1 rings (SSSR count). The summed E-state index contributed by atoms with van der Waals surface area (Å²) < 4.78 is 10.1. The van der Waals surface area contributed by atoms with E-state index in [1.807, 2.05) is 11.9 Å². The van der Waals surface area contributed by atoms with E-state index in [0.29, 0.717) is 26.2 Å². The molecule has 1 saturated heterocycles. The second-order valence-electron chi connectivity index (χ2n) is 4.53. The van der Waals surface area contributed by atoms with Gasteiger partial charge in [-0.15, -0.1) is 0 Å². The molecule has 0 spiro atoms. The van der Waals surface area contributed by atoms with Crippen LogP contribution in [0.4, 0.5) is 0 Å². The van der Waals surface area contributed by atoms with Gasteiger partial charge in [-0.2, -0.15) is 0 Å². The molecule has 0 aliphatic carbocycles. The monoisotopic (exact) mass is 260 g/mol. The highest BCUT2D eigenvalue weighted by molar-refractivity contribution is 5.77. The number of piperazine rings is 1. The summed E-state index contributed by atoms with van der Waals surface area (Å²) in [7, 11) is 3.63. The lowest BCUT2D eigenvalue weighted by Crippen LogP contribution is -2.54.